The first-order valence-corrected chi connectivity index (χ1v) is 11.8. The van der Waals surface area contributed by atoms with E-state index >= 15 is 0 Å². The van der Waals surface area contributed by atoms with E-state index < -0.39 is 0 Å². The fourth-order valence-electron chi connectivity index (χ4n) is 3.58. The molecule has 0 fully saturated rings. The molecule has 2 heterocycles. The van der Waals surface area contributed by atoms with Gasteiger partial charge in [-0.2, -0.15) is 0 Å². The molecule has 0 spiro atoms. The zero-order chi connectivity index (χ0) is 22.5. The van der Waals surface area contributed by atoms with Gasteiger partial charge in [0, 0.05) is 23.1 Å². The van der Waals surface area contributed by atoms with E-state index in [1.54, 1.807) is 23.5 Å². The summed E-state index contributed by atoms with van der Waals surface area (Å²) in [6.07, 6.45) is 2.89. The molecular formula is C27H23NO4S. The standard InChI is InChI=1S/C27H23NO4S/c29-26-15-11-19-8-14-22(18-24(19)32-26)31-17-5-1-4-16-30-21-12-9-20(10-13-21)27-28-23-6-2-3-7-25(23)33-27/h2-3,6-15,18H,1,4-5,16-17H2. The topological polar surface area (TPSA) is 61.6 Å². The van der Waals surface area contributed by atoms with E-state index in [0.29, 0.717) is 24.5 Å². The summed E-state index contributed by atoms with van der Waals surface area (Å²) in [5.74, 6) is 1.58. The van der Waals surface area contributed by atoms with Crippen molar-refractivity contribution in [2.24, 2.45) is 0 Å². The molecule has 6 heteroatoms. The van der Waals surface area contributed by atoms with Gasteiger partial charge in [0.25, 0.3) is 0 Å². The zero-order valence-corrected chi connectivity index (χ0v) is 18.8. The predicted octanol–water partition coefficient (Wildman–Crippen LogP) is 6.70. The average molecular weight is 458 g/mol. The van der Waals surface area contributed by atoms with Crippen LogP contribution in [0.25, 0.3) is 31.8 Å². The van der Waals surface area contributed by atoms with Gasteiger partial charge in [-0.15, -0.1) is 11.3 Å². The second kappa shape index (κ2) is 9.88. The van der Waals surface area contributed by atoms with Crippen LogP contribution in [0.15, 0.2) is 88.1 Å². The molecule has 5 rings (SSSR count). The maximum Gasteiger partial charge on any atom is 0.336 e. The number of rotatable bonds is 9. The number of thiazole rings is 1. The Bertz CT molecular complexity index is 1390. The molecule has 0 saturated heterocycles. The van der Waals surface area contributed by atoms with Crippen molar-refractivity contribution in [1.82, 2.24) is 4.98 Å². The lowest BCUT2D eigenvalue weighted by molar-refractivity contribution is 0.279. The van der Waals surface area contributed by atoms with Gasteiger partial charge in [0.15, 0.2) is 0 Å². The molecule has 0 bridgehead atoms. The van der Waals surface area contributed by atoms with Gasteiger partial charge >= 0.3 is 5.63 Å². The zero-order valence-electron chi connectivity index (χ0n) is 18.0. The quantitative estimate of drug-likeness (QED) is 0.182. The Hall–Kier alpha value is -3.64. The fraction of sp³-hybridized carbons (Fsp3) is 0.185. The third-order valence-electron chi connectivity index (χ3n) is 5.32. The lowest BCUT2D eigenvalue weighted by Gasteiger charge is -2.08. The van der Waals surface area contributed by atoms with Crippen LogP contribution in [0.3, 0.4) is 0 Å². The monoisotopic (exact) mass is 457 g/mol. The van der Waals surface area contributed by atoms with E-state index in [2.05, 4.69) is 18.2 Å². The highest BCUT2D eigenvalue weighted by atomic mass is 32.1. The molecule has 2 aromatic heterocycles. The van der Waals surface area contributed by atoms with Crippen LogP contribution in [0.1, 0.15) is 19.3 Å². The summed E-state index contributed by atoms with van der Waals surface area (Å²) in [5, 5.41) is 1.91. The Morgan fingerprint density at radius 1 is 0.788 bits per heavy atom. The number of para-hydroxylation sites is 1. The van der Waals surface area contributed by atoms with Crippen molar-refractivity contribution in [3.05, 3.63) is 89.3 Å². The smallest absolute Gasteiger partial charge is 0.336 e. The van der Waals surface area contributed by atoms with Gasteiger partial charge < -0.3 is 13.9 Å². The van der Waals surface area contributed by atoms with Crippen LogP contribution in [-0.2, 0) is 0 Å². The van der Waals surface area contributed by atoms with Gasteiger partial charge in [-0.25, -0.2) is 9.78 Å². The minimum absolute atomic E-state index is 0.356. The SMILES string of the molecule is O=c1ccc2ccc(OCCCCCOc3ccc(-c4nc5ccccc5s4)cc3)cc2o1. The number of fused-ring (bicyclic) bond motifs is 2. The maximum absolute atomic E-state index is 11.4. The van der Waals surface area contributed by atoms with Crippen LogP contribution in [0.4, 0.5) is 0 Å². The molecule has 5 aromatic rings. The number of ether oxygens (including phenoxy) is 2. The molecule has 3 aromatic carbocycles. The summed E-state index contributed by atoms with van der Waals surface area (Å²) in [6, 6.07) is 25.0. The fourth-order valence-corrected chi connectivity index (χ4v) is 4.55. The van der Waals surface area contributed by atoms with E-state index in [0.717, 1.165) is 46.5 Å². The van der Waals surface area contributed by atoms with Gasteiger partial charge in [0.2, 0.25) is 0 Å². The Balaban J connectivity index is 1.03. The summed E-state index contributed by atoms with van der Waals surface area (Å²) in [5.41, 5.74) is 2.33. The van der Waals surface area contributed by atoms with E-state index in [4.69, 9.17) is 18.9 Å². The average Bonchev–Trinajstić information content (AvgIpc) is 3.28. The van der Waals surface area contributed by atoms with Crippen molar-refractivity contribution in [2.75, 3.05) is 13.2 Å². The maximum atomic E-state index is 11.4. The second-order valence-corrected chi connectivity index (χ2v) is 8.75. The molecule has 166 valence electrons. The summed E-state index contributed by atoms with van der Waals surface area (Å²) in [7, 11) is 0. The molecule has 5 nitrogen and oxygen atoms in total. The molecule has 0 saturated carbocycles. The molecule has 0 aliphatic carbocycles. The third kappa shape index (κ3) is 5.23. The number of aromatic nitrogens is 1. The number of hydrogen-bond acceptors (Lipinski definition) is 6. The van der Waals surface area contributed by atoms with Crippen molar-refractivity contribution in [3.63, 3.8) is 0 Å². The van der Waals surface area contributed by atoms with Gasteiger partial charge in [0.05, 0.1) is 23.4 Å². The second-order valence-electron chi connectivity index (χ2n) is 7.72. The van der Waals surface area contributed by atoms with Gasteiger partial charge in [-0.1, -0.05) is 12.1 Å². The molecular weight excluding hydrogens is 434 g/mol. The van der Waals surface area contributed by atoms with Gasteiger partial charge in [-0.3, -0.25) is 0 Å². The highest BCUT2D eigenvalue weighted by Gasteiger charge is 2.06. The van der Waals surface area contributed by atoms with Crippen molar-refractivity contribution in [2.45, 2.75) is 19.3 Å². The highest BCUT2D eigenvalue weighted by Crippen LogP contribution is 2.31. The summed E-state index contributed by atoms with van der Waals surface area (Å²) in [4.78, 5) is 16.1. The third-order valence-corrected chi connectivity index (χ3v) is 6.40. The first kappa shape index (κ1) is 21.2. The first-order chi connectivity index (χ1) is 16.2. The number of hydrogen-bond donors (Lipinski definition) is 0. The van der Waals surface area contributed by atoms with Crippen LogP contribution in [0.5, 0.6) is 11.5 Å². The van der Waals surface area contributed by atoms with Crippen molar-refractivity contribution in [1.29, 1.82) is 0 Å². The summed E-state index contributed by atoms with van der Waals surface area (Å²) < 4.78 is 18.1. The molecule has 0 radical (unpaired) electrons. The number of benzene rings is 3. The molecule has 0 N–H and O–H groups in total. The Labute approximate surface area is 195 Å². The minimum atomic E-state index is -0.356. The number of unbranched alkanes of at least 4 members (excludes halogenated alkanes) is 2. The molecule has 0 atom stereocenters. The Morgan fingerprint density at radius 2 is 1.52 bits per heavy atom. The number of nitrogens with zero attached hydrogens (tertiary/aromatic N) is 1. The lowest BCUT2D eigenvalue weighted by atomic mass is 10.2. The van der Waals surface area contributed by atoms with Crippen LogP contribution in [0.2, 0.25) is 0 Å². The van der Waals surface area contributed by atoms with Crippen LogP contribution < -0.4 is 15.1 Å². The Morgan fingerprint density at radius 3 is 2.33 bits per heavy atom. The van der Waals surface area contributed by atoms with Crippen molar-refractivity contribution >= 4 is 32.5 Å². The van der Waals surface area contributed by atoms with Crippen LogP contribution in [-0.4, -0.2) is 18.2 Å². The molecule has 0 unspecified atom stereocenters. The van der Waals surface area contributed by atoms with Crippen LogP contribution in [0, 0.1) is 0 Å². The minimum Gasteiger partial charge on any atom is -0.494 e. The van der Waals surface area contributed by atoms with Gasteiger partial charge in [0.1, 0.15) is 22.1 Å². The largest absolute Gasteiger partial charge is 0.494 e. The Kier molecular flexibility index (Phi) is 6.35. The van der Waals surface area contributed by atoms with E-state index in [-0.39, 0.29) is 5.63 Å². The van der Waals surface area contributed by atoms with E-state index in [1.165, 1.54) is 10.8 Å². The first-order valence-electron chi connectivity index (χ1n) is 11.0. The van der Waals surface area contributed by atoms with Crippen LogP contribution >= 0.6 is 11.3 Å². The highest BCUT2D eigenvalue weighted by molar-refractivity contribution is 7.21. The lowest BCUT2D eigenvalue weighted by Crippen LogP contribution is -2.01. The summed E-state index contributed by atoms with van der Waals surface area (Å²) in [6.45, 7) is 1.28. The van der Waals surface area contributed by atoms with Gasteiger partial charge in [-0.05, 0) is 73.9 Å². The molecule has 0 aliphatic rings. The predicted molar refractivity (Wildman–Crippen MR) is 132 cm³/mol. The molecule has 33 heavy (non-hydrogen) atoms. The molecule has 0 aliphatic heterocycles. The summed E-state index contributed by atoms with van der Waals surface area (Å²) >= 11 is 1.70. The van der Waals surface area contributed by atoms with Crippen molar-refractivity contribution < 1.29 is 13.9 Å². The van der Waals surface area contributed by atoms with E-state index in [1.807, 2.05) is 42.5 Å². The van der Waals surface area contributed by atoms with E-state index in [9.17, 15) is 4.79 Å². The normalized spacial score (nSPS) is 11.2. The molecule has 0 amide bonds. The van der Waals surface area contributed by atoms with Crippen molar-refractivity contribution in [3.8, 4) is 22.1 Å².